The average molecular weight is 476 g/mol. The maximum Gasteiger partial charge on any atom is 0.255 e. The summed E-state index contributed by atoms with van der Waals surface area (Å²) in [6.45, 7) is 0.909. The average Bonchev–Trinajstić information content (AvgIpc) is 2.89. The fourth-order valence-corrected chi connectivity index (χ4v) is 4.01. The summed E-state index contributed by atoms with van der Waals surface area (Å²) in [6.07, 6.45) is 1.08. The number of anilines is 2. The molecule has 2 N–H and O–H groups in total. The third-order valence-electron chi connectivity index (χ3n) is 6.01. The van der Waals surface area contributed by atoms with Gasteiger partial charge < -0.3 is 20.3 Å². The molecule has 0 spiro atoms. The molecule has 0 atom stereocenters. The lowest BCUT2D eigenvalue weighted by molar-refractivity contribution is -0.121. The van der Waals surface area contributed by atoms with E-state index in [9.17, 15) is 18.8 Å². The van der Waals surface area contributed by atoms with E-state index in [-0.39, 0.29) is 29.5 Å². The maximum absolute atomic E-state index is 13.1. The zero-order chi connectivity index (χ0) is 24.8. The molecule has 1 aliphatic rings. The first-order valence-corrected chi connectivity index (χ1v) is 11.3. The first-order valence-electron chi connectivity index (χ1n) is 11.3. The van der Waals surface area contributed by atoms with Gasteiger partial charge in [0.2, 0.25) is 5.91 Å². The molecule has 0 aromatic heterocycles. The van der Waals surface area contributed by atoms with Crippen LogP contribution >= 0.6 is 0 Å². The highest BCUT2D eigenvalue weighted by Crippen LogP contribution is 2.24. The first kappa shape index (κ1) is 23.9. The molecule has 3 aromatic carbocycles. The number of piperidine rings is 1. The number of para-hydroxylation sites is 2. The van der Waals surface area contributed by atoms with Gasteiger partial charge in [-0.2, -0.15) is 0 Å². The molecular weight excluding hydrogens is 449 g/mol. The van der Waals surface area contributed by atoms with Gasteiger partial charge in [0.1, 0.15) is 11.6 Å². The smallest absolute Gasteiger partial charge is 0.255 e. The van der Waals surface area contributed by atoms with Crippen molar-refractivity contribution in [1.29, 1.82) is 0 Å². The lowest BCUT2D eigenvalue weighted by Crippen LogP contribution is -2.41. The second-order valence-corrected chi connectivity index (χ2v) is 8.29. The Morgan fingerprint density at radius 2 is 1.49 bits per heavy atom. The van der Waals surface area contributed by atoms with E-state index in [1.54, 1.807) is 47.4 Å². The van der Waals surface area contributed by atoms with Crippen LogP contribution in [-0.2, 0) is 4.79 Å². The number of hydrogen-bond donors (Lipinski definition) is 2. The van der Waals surface area contributed by atoms with Crippen LogP contribution in [0.3, 0.4) is 0 Å². The van der Waals surface area contributed by atoms with E-state index in [0.29, 0.717) is 54.2 Å². The second-order valence-electron chi connectivity index (χ2n) is 8.29. The van der Waals surface area contributed by atoms with Crippen LogP contribution in [0.15, 0.2) is 72.8 Å². The van der Waals surface area contributed by atoms with Crippen molar-refractivity contribution in [2.45, 2.75) is 12.8 Å². The molecule has 180 valence electrons. The molecule has 0 bridgehead atoms. The number of benzene rings is 3. The van der Waals surface area contributed by atoms with Crippen molar-refractivity contribution in [3.63, 3.8) is 0 Å². The van der Waals surface area contributed by atoms with Crippen molar-refractivity contribution in [2.24, 2.45) is 5.92 Å². The minimum absolute atomic E-state index is 0.120. The van der Waals surface area contributed by atoms with E-state index < -0.39 is 0 Å². The lowest BCUT2D eigenvalue weighted by Gasteiger charge is -2.31. The number of halogens is 1. The SMILES string of the molecule is COc1ccccc1NC(=O)c1ccc(NC(=O)C2CCN(C(=O)c3ccc(F)cc3)CC2)cc1. The Labute approximate surface area is 202 Å². The van der Waals surface area contributed by atoms with Crippen LogP contribution in [0.2, 0.25) is 0 Å². The molecule has 0 aliphatic carbocycles. The summed E-state index contributed by atoms with van der Waals surface area (Å²) in [5.74, 6) is -0.612. The zero-order valence-electron chi connectivity index (χ0n) is 19.3. The van der Waals surface area contributed by atoms with E-state index >= 15 is 0 Å². The maximum atomic E-state index is 13.1. The van der Waals surface area contributed by atoms with Crippen LogP contribution in [0, 0.1) is 11.7 Å². The third-order valence-corrected chi connectivity index (χ3v) is 6.01. The number of carbonyl (C=O) groups excluding carboxylic acids is 3. The number of methoxy groups -OCH3 is 1. The predicted octanol–water partition coefficient (Wildman–Crippen LogP) is 4.58. The Hall–Kier alpha value is -4.20. The van der Waals surface area contributed by atoms with Gasteiger partial charge >= 0.3 is 0 Å². The van der Waals surface area contributed by atoms with E-state index in [4.69, 9.17) is 4.74 Å². The highest BCUT2D eigenvalue weighted by Gasteiger charge is 2.28. The summed E-state index contributed by atoms with van der Waals surface area (Å²) in [7, 11) is 1.54. The number of carbonyl (C=O) groups is 3. The van der Waals surface area contributed by atoms with E-state index in [1.807, 2.05) is 6.07 Å². The minimum Gasteiger partial charge on any atom is -0.495 e. The van der Waals surface area contributed by atoms with Gasteiger partial charge in [-0.15, -0.1) is 0 Å². The van der Waals surface area contributed by atoms with Gasteiger partial charge in [0.05, 0.1) is 12.8 Å². The van der Waals surface area contributed by atoms with Gasteiger partial charge in [-0.3, -0.25) is 14.4 Å². The molecule has 1 heterocycles. The Bertz CT molecular complexity index is 1200. The fourth-order valence-electron chi connectivity index (χ4n) is 4.01. The van der Waals surface area contributed by atoms with Crippen LogP contribution < -0.4 is 15.4 Å². The van der Waals surface area contributed by atoms with Gasteiger partial charge in [0.15, 0.2) is 0 Å². The van der Waals surface area contributed by atoms with Crippen LogP contribution in [0.4, 0.5) is 15.8 Å². The normalized spacial score (nSPS) is 13.7. The molecule has 1 fully saturated rings. The summed E-state index contributed by atoms with van der Waals surface area (Å²) in [5.41, 5.74) is 2.04. The first-order chi connectivity index (χ1) is 16.9. The molecule has 1 saturated heterocycles. The summed E-state index contributed by atoms with van der Waals surface area (Å²) in [4.78, 5) is 39.6. The van der Waals surface area contributed by atoms with Gasteiger partial charge in [-0.25, -0.2) is 4.39 Å². The molecule has 3 aromatic rings. The van der Waals surface area contributed by atoms with Gasteiger partial charge in [0.25, 0.3) is 11.8 Å². The summed E-state index contributed by atoms with van der Waals surface area (Å²) < 4.78 is 18.3. The molecule has 35 heavy (non-hydrogen) atoms. The number of ether oxygens (including phenoxy) is 1. The molecule has 3 amide bonds. The lowest BCUT2D eigenvalue weighted by atomic mass is 9.95. The number of nitrogens with one attached hydrogen (secondary N) is 2. The molecule has 0 saturated carbocycles. The van der Waals surface area contributed by atoms with Crippen molar-refractivity contribution in [2.75, 3.05) is 30.8 Å². The molecule has 0 unspecified atom stereocenters. The van der Waals surface area contributed by atoms with Gasteiger partial charge in [-0.05, 0) is 73.5 Å². The van der Waals surface area contributed by atoms with Crippen LogP contribution in [0.25, 0.3) is 0 Å². The minimum atomic E-state index is -0.387. The van der Waals surface area contributed by atoms with E-state index in [2.05, 4.69) is 10.6 Å². The highest BCUT2D eigenvalue weighted by atomic mass is 19.1. The molecule has 8 heteroatoms. The molecule has 7 nitrogen and oxygen atoms in total. The van der Waals surface area contributed by atoms with Crippen molar-refractivity contribution in [1.82, 2.24) is 4.90 Å². The standard InChI is InChI=1S/C27H26FN3O4/c1-35-24-5-3-2-4-23(24)30-26(33)18-8-12-22(13-9-18)29-25(32)19-14-16-31(17-15-19)27(34)20-6-10-21(28)11-7-20/h2-13,19H,14-17H2,1H3,(H,29,32)(H,30,33). The van der Waals surface area contributed by atoms with Crippen molar-refractivity contribution < 1.29 is 23.5 Å². The Kier molecular flexibility index (Phi) is 7.40. The Morgan fingerprint density at radius 1 is 0.857 bits per heavy atom. The number of amides is 3. The van der Waals surface area contributed by atoms with Crippen molar-refractivity contribution in [3.05, 3.63) is 89.7 Å². The van der Waals surface area contributed by atoms with Crippen LogP contribution in [0.1, 0.15) is 33.6 Å². The Balaban J connectivity index is 1.29. The largest absolute Gasteiger partial charge is 0.495 e. The molecule has 1 aliphatic heterocycles. The van der Waals surface area contributed by atoms with Gasteiger partial charge in [-0.1, -0.05) is 12.1 Å². The van der Waals surface area contributed by atoms with Crippen molar-refractivity contribution >= 4 is 29.1 Å². The molecule has 0 radical (unpaired) electrons. The molecular formula is C27H26FN3O4. The second kappa shape index (κ2) is 10.8. The predicted molar refractivity (Wildman–Crippen MR) is 131 cm³/mol. The Morgan fingerprint density at radius 3 is 2.14 bits per heavy atom. The number of rotatable bonds is 6. The van der Waals surface area contributed by atoms with E-state index in [1.165, 1.54) is 31.4 Å². The number of likely N-dealkylation sites (tertiary alicyclic amines) is 1. The molecule has 4 rings (SSSR count). The quantitative estimate of drug-likeness (QED) is 0.547. The van der Waals surface area contributed by atoms with Crippen LogP contribution in [0.5, 0.6) is 5.75 Å². The summed E-state index contributed by atoms with van der Waals surface area (Å²) >= 11 is 0. The fraction of sp³-hybridized carbons (Fsp3) is 0.222. The monoisotopic (exact) mass is 475 g/mol. The number of nitrogens with zero attached hydrogens (tertiary/aromatic N) is 1. The zero-order valence-corrected chi connectivity index (χ0v) is 19.3. The van der Waals surface area contributed by atoms with Gasteiger partial charge in [0, 0.05) is 35.8 Å². The third kappa shape index (κ3) is 5.84. The van der Waals surface area contributed by atoms with Crippen molar-refractivity contribution in [3.8, 4) is 5.75 Å². The topological polar surface area (TPSA) is 87.7 Å². The summed E-state index contributed by atoms with van der Waals surface area (Å²) in [5, 5.41) is 5.71. The number of hydrogen-bond acceptors (Lipinski definition) is 4. The van der Waals surface area contributed by atoms with Crippen LogP contribution in [-0.4, -0.2) is 42.8 Å². The summed E-state index contributed by atoms with van der Waals surface area (Å²) in [6, 6.07) is 19.3. The van der Waals surface area contributed by atoms with E-state index in [0.717, 1.165) is 0 Å². The highest BCUT2D eigenvalue weighted by molar-refractivity contribution is 6.05.